The molecule has 0 atom stereocenters. The van der Waals surface area contributed by atoms with Crippen molar-refractivity contribution >= 4 is 0 Å². The third kappa shape index (κ3) is 3.13. The van der Waals surface area contributed by atoms with Crippen molar-refractivity contribution in [3.63, 3.8) is 0 Å². The zero-order chi connectivity index (χ0) is 13.1. The van der Waals surface area contributed by atoms with Gasteiger partial charge in [-0.25, -0.2) is 0 Å². The highest BCUT2D eigenvalue weighted by Crippen LogP contribution is 2.36. The summed E-state index contributed by atoms with van der Waals surface area (Å²) < 4.78 is 10.7. The predicted octanol–water partition coefficient (Wildman–Crippen LogP) is 2.54. The van der Waals surface area contributed by atoms with Crippen molar-refractivity contribution in [2.75, 3.05) is 20.8 Å². The lowest BCUT2D eigenvalue weighted by Gasteiger charge is -2.22. The van der Waals surface area contributed by atoms with Crippen LogP contribution in [0.15, 0.2) is 12.1 Å². The second-order valence-electron chi connectivity index (χ2n) is 5.09. The van der Waals surface area contributed by atoms with Gasteiger partial charge in [-0.2, -0.15) is 0 Å². The second kappa shape index (κ2) is 5.41. The quantitative estimate of drug-likeness (QED) is 0.876. The first-order valence-corrected chi connectivity index (χ1v) is 5.80. The Labute approximate surface area is 103 Å². The summed E-state index contributed by atoms with van der Waals surface area (Å²) >= 11 is 0. The maximum Gasteiger partial charge on any atom is 0.163 e. The fraction of sp³-hybridized carbons (Fsp3) is 0.571. The second-order valence-corrected chi connectivity index (χ2v) is 5.09. The van der Waals surface area contributed by atoms with Crippen molar-refractivity contribution in [1.82, 2.24) is 0 Å². The van der Waals surface area contributed by atoms with Gasteiger partial charge in [0.1, 0.15) is 0 Å². The van der Waals surface area contributed by atoms with Crippen LogP contribution in [0.1, 0.15) is 31.9 Å². The molecule has 0 amide bonds. The van der Waals surface area contributed by atoms with E-state index >= 15 is 0 Å². The smallest absolute Gasteiger partial charge is 0.163 e. The first-order valence-electron chi connectivity index (χ1n) is 5.80. The molecule has 96 valence electrons. The number of methoxy groups -OCH3 is 2. The van der Waals surface area contributed by atoms with Gasteiger partial charge in [0, 0.05) is 12.2 Å². The van der Waals surface area contributed by atoms with E-state index in [9.17, 15) is 0 Å². The Kier molecular flexibility index (Phi) is 4.40. The summed E-state index contributed by atoms with van der Waals surface area (Å²) in [6.07, 6.45) is 0.573. The van der Waals surface area contributed by atoms with Crippen molar-refractivity contribution in [2.24, 2.45) is 0 Å². The molecule has 3 heteroatoms. The molecule has 0 bridgehead atoms. The maximum absolute atomic E-state index is 9.10. The van der Waals surface area contributed by atoms with E-state index in [1.54, 1.807) is 14.2 Å². The van der Waals surface area contributed by atoms with Gasteiger partial charge >= 0.3 is 0 Å². The average molecular weight is 238 g/mol. The van der Waals surface area contributed by atoms with E-state index in [1.165, 1.54) is 5.56 Å². The summed E-state index contributed by atoms with van der Waals surface area (Å²) in [6, 6.07) is 4.08. The van der Waals surface area contributed by atoms with E-state index in [-0.39, 0.29) is 12.0 Å². The largest absolute Gasteiger partial charge is 0.493 e. The zero-order valence-electron chi connectivity index (χ0n) is 11.3. The van der Waals surface area contributed by atoms with Gasteiger partial charge in [-0.15, -0.1) is 0 Å². The molecule has 0 radical (unpaired) electrons. The SMILES string of the molecule is COc1cc(C(C)(C)C)cc(CCO)c1OC. The molecule has 1 N–H and O–H groups in total. The molecule has 0 unspecified atom stereocenters. The van der Waals surface area contributed by atoms with Gasteiger partial charge in [-0.3, -0.25) is 0 Å². The van der Waals surface area contributed by atoms with Crippen LogP contribution >= 0.6 is 0 Å². The monoisotopic (exact) mass is 238 g/mol. The van der Waals surface area contributed by atoms with Crippen molar-refractivity contribution in [2.45, 2.75) is 32.6 Å². The summed E-state index contributed by atoms with van der Waals surface area (Å²) in [7, 11) is 3.25. The van der Waals surface area contributed by atoms with E-state index in [0.29, 0.717) is 6.42 Å². The van der Waals surface area contributed by atoms with Crippen molar-refractivity contribution in [3.8, 4) is 11.5 Å². The first kappa shape index (κ1) is 13.8. The number of benzene rings is 1. The van der Waals surface area contributed by atoms with Crippen molar-refractivity contribution in [3.05, 3.63) is 23.3 Å². The lowest BCUT2D eigenvalue weighted by atomic mass is 9.85. The molecule has 0 aromatic heterocycles. The lowest BCUT2D eigenvalue weighted by Crippen LogP contribution is -2.13. The van der Waals surface area contributed by atoms with E-state index in [0.717, 1.165) is 17.1 Å². The van der Waals surface area contributed by atoms with Crippen LogP contribution < -0.4 is 9.47 Å². The minimum atomic E-state index is 0.0454. The Morgan fingerprint density at radius 1 is 1.12 bits per heavy atom. The fourth-order valence-corrected chi connectivity index (χ4v) is 1.78. The normalized spacial score (nSPS) is 11.4. The molecule has 1 aromatic carbocycles. The van der Waals surface area contributed by atoms with Crippen LogP contribution in [0.4, 0.5) is 0 Å². The van der Waals surface area contributed by atoms with Crippen LogP contribution in [-0.2, 0) is 11.8 Å². The van der Waals surface area contributed by atoms with Crippen LogP contribution in [0, 0.1) is 0 Å². The maximum atomic E-state index is 9.10. The van der Waals surface area contributed by atoms with E-state index in [4.69, 9.17) is 14.6 Å². The average Bonchev–Trinajstić information content (AvgIpc) is 2.27. The molecule has 17 heavy (non-hydrogen) atoms. The van der Waals surface area contributed by atoms with Gasteiger partial charge in [0.2, 0.25) is 0 Å². The number of hydrogen-bond acceptors (Lipinski definition) is 3. The van der Waals surface area contributed by atoms with Crippen molar-refractivity contribution < 1.29 is 14.6 Å². The van der Waals surface area contributed by atoms with Crippen molar-refractivity contribution in [1.29, 1.82) is 0 Å². The number of hydrogen-bond donors (Lipinski definition) is 1. The molecule has 0 saturated heterocycles. The minimum Gasteiger partial charge on any atom is -0.493 e. The van der Waals surface area contributed by atoms with Crippen LogP contribution in [0.2, 0.25) is 0 Å². The van der Waals surface area contributed by atoms with Gasteiger partial charge < -0.3 is 14.6 Å². The molecule has 0 saturated carbocycles. The number of rotatable bonds is 4. The molecule has 0 heterocycles. The summed E-state index contributed by atoms with van der Waals surface area (Å²) in [5, 5.41) is 9.10. The van der Waals surface area contributed by atoms with Crippen LogP contribution in [0.5, 0.6) is 11.5 Å². The molecule has 3 nitrogen and oxygen atoms in total. The Morgan fingerprint density at radius 3 is 2.18 bits per heavy atom. The molecule has 0 spiro atoms. The predicted molar refractivity (Wildman–Crippen MR) is 69.0 cm³/mol. The molecule has 0 fully saturated rings. The Morgan fingerprint density at radius 2 is 1.76 bits per heavy atom. The summed E-state index contributed by atoms with van der Waals surface area (Å²) in [6.45, 7) is 6.55. The molecule has 1 aromatic rings. The third-order valence-corrected chi connectivity index (χ3v) is 2.80. The molecular weight excluding hydrogens is 216 g/mol. The van der Waals surface area contributed by atoms with Gasteiger partial charge in [-0.05, 0) is 23.5 Å². The first-order chi connectivity index (χ1) is 7.93. The van der Waals surface area contributed by atoms with Gasteiger partial charge in [-0.1, -0.05) is 26.8 Å². The molecular formula is C14H22O3. The number of ether oxygens (including phenoxy) is 2. The summed E-state index contributed by atoms with van der Waals surface area (Å²) in [5.41, 5.74) is 2.21. The number of aliphatic hydroxyl groups is 1. The molecule has 0 aliphatic rings. The lowest BCUT2D eigenvalue weighted by molar-refractivity contribution is 0.294. The van der Waals surface area contributed by atoms with E-state index in [2.05, 4.69) is 26.8 Å². The standard InChI is InChI=1S/C14H22O3/c1-14(2,3)11-8-10(6-7-15)13(17-5)12(9-11)16-4/h8-9,15H,6-7H2,1-5H3. The molecule has 0 aliphatic carbocycles. The van der Waals surface area contributed by atoms with Crippen LogP contribution in [0.3, 0.4) is 0 Å². The van der Waals surface area contributed by atoms with E-state index in [1.807, 2.05) is 6.07 Å². The Hall–Kier alpha value is -1.22. The highest BCUT2D eigenvalue weighted by atomic mass is 16.5. The minimum absolute atomic E-state index is 0.0454. The zero-order valence-corrected chi connectivity index (χ0v) is 11.3. The number of aliphatic hydroxyl groups excluding tert-OH is 1. The Balaban J connectivity index is 3.34. The summed E-state index contributed by atoms with van der Waals surface area (Å²) in [5.74, 6) is 1.44. The fourth-order valence-electron chi connectivity index (χ4n) is 1.78. The van der Waals surface area contributed by atoms with E-state index < -0.39 is 0 Å². The van der Waals surface area contributed by atoms with Gasteiger partial charge in [0.15, 0.2) is 11.5 Å². The summed E-state index contributed by atoms with van der Waals surface area (Å²) in [4.78, 5) is 0. The van der Waals surface area contributed by atoms with Crippen LogP contribution in [-0.4, -0.2) is 25.9 Å². The van der Waals surface area contributed by atoms with Gasteiger partial charge in [0.05, 0.1) is 14.2 Å². The Bertz CT molecular complexity index is 378. The highest BCUT2D eigenvalue weighted by molar-refractivity contribution is 5.51. The van der Waals surface area contributed by atoms with Gasteiger partial charge in [0.25, 0.3) is 0 Å². The molecule has 0 aliphatic heterocycles. The highest BCUT2D eigenvalue weighted by Gasteiger charge is 2.19. The third-order valence-electron chi connectivity index (χ3n) is 2.80. The molecule has 1 rings (SSSR count). The van der Waals surface area contributed by atoms with Crippen LogP contribution in [0.25, 0.3) is 0 Å². The topological polar surface area (TPSA) is 38.7 Å².